The van der Waals surface area contributed by atoms with E-state index in [0.29, 0.717) is 56.7 Å². The Morgan fingerprint density at radius 3 is 1.73 bits per heavy atom. The Morgan fingerprint density at radius 1 is 0.805 bits per heavy atom. The van der Waals surface area contributed by atoms with Gasteiger partial charge in [-0.15, -0.1) is 0 Å². The van der Waals surface area contributed by atoms with Gasteiger partial charge < -0.3 is 20.1 Å². The molecular weight excluding hydrogens is 579 g/mol. The summed E-state index contributed by atoms with van der Waals surface area (Å²) in [5, 5.41) is 7.60. The van der Waals surface area contributed by atoms with Gasteiger partial charge in [-0.3, -0.25) is 9.97 Å². The van der Waals surface area contributed by atoms with E-state index in [1.165, 1.54) is 12.8 Å². The molecule has 4 aromatic rings. The number of halogens is 2. The molecule has 41 heavy (non-hydrogen) atoms. The lowest BCUT2D eigenvalue weighted by atomic mass is 9.98. The Labute approximate surface area is 254 Å². The molecule has 0 saturated heterocycles. The third-order valence-electron chi connectivity index (χ3n) is 7.17. The summed E-state index contributed by atoms with van der Waals surface area (Å²) >= 11 is 15.9. The van der Waals surface area contributed by atoms with E-state index in [4.69, 9.17) is 37.7 Å². The molecule has 2 heterocycles. The Morgan fingerprint density at radius 2 is 1.29 bits per heavy atom. The number of nitrogens with zero attached hydrogens (tertiary/aromatic N) is 4. The van der Waals surface area contributed by atoms with Crippen LogP contribution in [0.15, 0.2) is 48.8 Å². The molecule has 214 valence electrons. The van der Waals surface area contributed by atoms with Crippen molar-refractivity contribution >= 4 is 35.0 Å². The molecule has 8 nitrogen and oxygen atoms in total. The molecule has 2 aromatic heterocycles. The molecule has 0 radical (unpaired) electrons. The van der Waals surface area contributed by atoms with Crippen molar-refractivity contribution < 1.29 is 9.47 Å². The van der Waals surface area contributed by atoms with E-state index in [1.807, 2.05) is 55.2 Å². The van der Waals surface area contributed by atoms with Gasteiger partial charge in [-0.05, 0) is 26.1 Å². The van der Waals surface area contributed by atoms with Crippen molar-refractivity contribution in [2.24, 2.45) is 0 Å². The normalized spacial score (nSPS) is 13.7. The molecule has 0 atom stereocenters. The highest BCUT2D eigenvalue weighted by Crippen LogP contribution is 2.46. The fraction of sp³-hybridized carbons (Fsp3) is 0.333. The molecule has 0 aliphatic heterocycles. The molecule has 0 amide bonds. The fourth-order valence-corrected chi connectivity index (χ4v) is 6.07. The summed E-state index contributed by atoms with van der Waals surface area (Å²) in [7, 11) is 5.02. The summed E-state index contributed by atoms with van der Waals surface area (Å²) in [6, 6.07) is 11.5. The lowest BCUT2D eigenvalue weighted by molar-refractivity contribution is 0.387. The average molecular weight is 612 g/mol. The molecule has 2 N–H and O–H groups in total. The zero-order valence-corrected chi connectivity index (χ0v) is 25.8. The maximum Gasteiger partial charge on any atom is 0.237 e. The van der Waals surface area contributed by atoms with Gasteiger partial charge in [-0.2, -0.15) is 11.8 Å². The maximum atomic E-state index is 7.01. The van der Waals surface area contributed by atoms with E-state index in [1.54, 1.807) is 26.6 Å². The van der Waals surface area contributed by atoms with Crippen LogP contribution in [0.2, 0.25) is 10.0 Å². The first-order valence-electron chi connectivity index (χ1n) is 13.2. The van der Waals surface area contributed by atoms with E-state index in [-0.39, 0.29) is 0 Å². The minimum absolute atomic E-state index is 0.363. The van der Waals surface area contributed by atoms with Crippen LogP contribution in [-0.2, 0) is 13.1 Å². The molecule has 11 heteroatoms. The van der Waals surface area contributed by atoms with Crippen molar-refractivity contribution in [2.45, 2.75) is 30.7 Å². The van der Waals surface area contributed by atoms with E-state index in [0.717, 1.165) is 34.5 Å². The van der Waals surface area contributed by atoms with Gasteiger partial charge in [0.15, 0.2) is 0 Å². The maximum absolute atomic E-state index is 7.01. The van der Waals surface area contributed by atoms with Crippen molar-refractivity contribution in [1.29, 1.82) is 0 Å². The molecule has 5 rings (SSSR count). The number of nitrogens with one attached hydrogen (secondary N) is 2. The van der Waals surface area contributed by atoms with Gasteiger partial charge in [0.05, 0.1) is 48.0 Å². The third-order valence-corrected chi connectivity index (χ3v) is 9.41. The molecule has 1 aliphatic carbocycles. The second-order valence-corrected chi connectivity index (χ2v) is 11.8. The minimum Gasteiger partial charge on any atom is -0.480 e. The van der Waals surface area contributed by atoms with Crippen LogP contribution in [0, 0.1) is 0 Å². The van der Waals surface area contributed by atoms with Crippen molar-refractivity contribution in [1.82, 2.24) is 30.6 Å². The average Bonchev–Trinajstić information content (AvgIpc) is 3.78. The quantitative estimate of drug-likeness (QED) is 0.192. The van der Waals surface area contributed by atoms with Gasteiger partial charge in [0, 0.05) is 46.6 Å². The van der Waals surface area contributed by atoms with Crippen LogP contribution in [0.3, 0.4) is 0 Å². The van der Waals surface area contributed by atoms with Crippen LogP contribution in [0.4, 0.5) is 0 Å². The van der Waals surface area contributed by atoms with Gasteiger partial charge in [0.2, 0.25) is 11.8 Å². The van der Waals surface area contributed by atoms with Crippen LogP contribution >= 0.6 is 35.0 Å². The molecule has 0 spiro atoms. The number of hydrogen-bond donors (Lipinski definition) is 2. The van der Waals surface area contributed by atoms with E-state index >= 15 is 0 Å². The van der Waals surface area contributed by atoms with Crippen LogP contribution in [0.5, 0.6) is 11.8 Å². The molecule has 2 aromatic carbocycles. The highest BCUT2D eigenvalue weighted by atomic mass is 35.5. The largest absolute Gasteiger partial charge is 0.480 e. The summed E-state index contributed by atoms with van der Waals surface area (Å²) in [6.45, 7) is 2.06. The summed E-state index contributed by atoms with van der Waals surface area (Å²) in [6.07, 6.45) is 8.09. The van der Waals surface area contributed by atoms with Gasteiger partial charge in [-0.1, -0.05) is 59.6 Å². The van der Waals surface area contributed by atoms with Crippen LogP contribution in [0.1, 0.15) is 24.2 Å². The topological polar surface area (TPSA) is 94.1 Å². The first kappa shape index (κ1) is 29.5. The van der Waals surface area contributed by atoms with Gasteiger partial charge in [0.1, 0.15) is 11.4 Å². The van der Waals surface area contributed by atoms with Gasteiger partial charge >= 0.3 is 0 Å². The molecule has 1 aliphatic rings. The molecule has 1 saturated carbocycles. The zero-order valence-electron chi connectivity index (χ0n) is 23.4. The molecular formula is C30H32Cl2N6O2S. The van der Waals surface area contributed by atoms with E-state index < -0.39 is 0 Å². The summed E-state index contributed by atoms with van der Waals surface area (Å²) < 4.78 is 11.4. The van der Waals surface area contributed by atoms with Gasteiger partial charge in [-0.25, -0.2) is 9.97 Å². The Balaban J connectivity index is 1.45. The number of ether oxygens (including phenoxy) is 2. The Kier molecular flexibility index (Phi) is 9.31. The minimum atomic E-state index is 0.363. The smallest absolute Gasteiger partial charge is 0.237 e. The van der Waals surface area contributed by atoms with Crippen molar-refractivity contribution in [3.05, 3.63) is 70.2 Å². The number of methoxy groups -OCH3 is 2. The first-order chi connectivity index (χ1) is 19.9. The number of benzene rings is 2. The zero-order chi connectivity index (χ0) is 29.0. The predicted octanol–water partition coefficient (Wildman–Crippen LogP) is 6.30. The van der Waals surface area contributed by atoms with E-state index in [2.05, 4.69) is 31.8 Å². The molecule has 0 bridgehead atoms. The van der Waals surface area contributed by atoms with Crippen molar-refractivity contribution in [2.75, 3.05) is 34.1 Å². The second-order valence-electron chi connectivity index (χ2n) is 9.78. The number of hydrogen-bond acceptors (Lipinski definition) is 9. The van der Waals surface area contributed by atoms with Crippen molar-refractivity contribution in [3.8, 4) is 45.4 Å². The summed E-state index contributed by atoms with van der Waals surface area (Å²) in [5.41, 5.74) is 5.67. The Hall–Kier alpha value is -2.95. The standard InChI is InChI=1S/C30H32Cl2N6O2S/c1-33-13-24-28(39-2)37-22(15-35-24)20-9-5-7-18(26(20)31)19-8-6-10-21(27(19)32)23-16-36-25(29(38-23)40-3)14-34-17-30(41-4)11-12-30/h5-10,15-16,33-34H,11-14,17H2,1-4H3. The van der Waals surface area contributed by atoms with Gasteiger partial charge in [0.25, 0.3) is 0 Å². The lowest BCUT2D eigenvalue weighted by Gasteiger charge is -2.15. The van der Waals surface area contributed by atoms with Crippen LogP contribution in [-0.4, -0.2) is 58.8 Å². The third kappa shape index (κ3) is 6.29. The summed E-state index contributed by atoms with van der Waals surface area (Å²) in [4.78, 5) is 18.6. The summed E-state index contributed by atoms with van der Waals surface area (Å²) in [5.74, 6) is 0.917. The second kappa shape index (κ2) is 12.9. The van der Waals surface area contributed by atoms with Crippen LogP contribution < -0.4 is 20.1 Å². The predicted molar refractivity (Wildman–Crippen MR) is 167 cm³/mol. The number of thioether (sulfide) groups is 1. The molecule has 1 fully saturated rings. The Bertz CT molecular complexity index is 1550. The highest BCUT2D eigenvalue weighted by molar-refractivity contribution is 8.00. The number of rotatable bonds is 12. The van der Waals surface area contributed by atoms with Crippen molar-refractivity contribution in [3.63, 3.8) is 0 Å². The fourth-order valence-electron chi connectivity index (χ4n) is 4.67. The van der Waals surface area contributed by atoms with Crippen LogP contribution in [0.25, 0.3) is 33.6 Å². The SMILES string of the molecule is CNCc1ncc(-c2cccc(-c3cccc(-c4cnc(CNCC5(SC)CC5)c(OC)n4)c3Cl)c2Cl)nc1OC. The first-order valence-corrected chi connectivity index (χ1v) is 15.2. The lowest BCUT2D eigenvalue weighted by Crippen LogP contribution is -2.26. The van der Waals surface area contributed by atoms with E-state index in [9.17, 15) is 0 Å². The number of aromatic nitrogens is 4. The monoisotopic (exact) mass is 610 g/mol. The highest BCUT2D eigenvalue weighted by Gasteiger charge is 2.41. The molecule has 0 unspecified atom stereocenters.